The largest absolute Gasteiger partial charge is 0.508 e. The van der Waals surface area contributed by atoms with Gasteiger partial charge in [-0.15, -0.1) is 0 Å². The van der Waals surface area contributed by atoms with Crippen molar-refractivity contribution >= 4 is 12.2 Å². The van der Waals surface area contributed by atoms with Gasteiger partial charge in [-0.25, -0.2) is 0 Å². The molecular formula is C28H34O4. The summed E-state index contributed by atoms with van der Waals surface area (Å²) < 4.78 is 12.4. The second-order valence-corrected chi connectivity index (χ2v) is 11.1. The van der Waals surface area contributed by atoms with E-state index in [4.69, 9.17) is 9.47 Å². The zero-order valence-electron chi connectivity index (χ0n) is 19.6. The average molecular weight is 435 g/mol. The number of phenols is 2. The van der Waals surface area contributed by atoms with Gasteiger partial charge in [-0.1, -0.05) is 26.0 Å². The lowest BCUT2D eigenvalue weighted by Gasteiger charge is -2.46. The van der Waals surface area contributed by atoms with E-state index in [1.54, 1.807) is 12.1 Å². The molecule has 2 unspecified atom stereocenters. The highest BCUT2D eigenvalue weighted by molar-refractivity contribution is 5.73. The number of benzene rings is 2. The van der Waals surface area contributed by atoms with Gasteiger partial charge in [-0.2, -0.15) is 0 Å². The molecule has 1 fully saturated rings. The number of hydrogen-bond acceptors (Lipinski definition) is 4. The van der Waals surface area contributed by atoms with Crippen molar-refractivity contribution in [1.82, 2.24) is 0 Å². The first-order valence-corrected chi connectivity index (χ1v) is 11.9. The van der Waals surface area contributed by atoms with Gasteiger partial charge in [0.25, 0.3) is 0 Å². The lowest BCUT2D eigenvalue weighted by atomic mass is 9.64. The third-order valence-corrected chi connectivity index (χ3v) is 7.68. The fraction of sp³-hybridized carbons (Fsp3) is 0.500. The van der Waals surface area contributed by atoms with E-state index in [0.29, 0.717) is 11.7 Å². The molecule has 0 saturated heterocycles. The predicted molar refractivity (Wildman–Crippen MR) is 127 cm³/mol. The van der Waals surface area contributed by atoms with Crippen LogP contribution in [0.25, 0.3) is 12.2 Å². The summed E-state index contributed by atoms with van der Waals surface area (Å²) in [6, 6.07) is 7.67. The number of aromatic hydroxyl groups is 2. The van der Waals surface area contributed by atoms with E-state index >= 15 is 0 Å². The first kappa shape index (κ1) is 21.2. The quantitative estimate of drug-likeness (QED) is 0.530. The van der Waals surface area contributed by atoms with Crippen molar-refractivity contribution in [3.63, 3.8) is 0 Å². The van der Waals surface area contributed by atoms with Crippen molar-refractivity contribution in [3.8, 4) is 23.0 Å². The van der Waals surface area contributed by atoms with Crippen molar-refractivity contribution in [1.29, 1.82) is 0 Å². The van der Waals surface area contributed by atoms with Crippen LogP contribution < -0.4 is 9.47 Å². The van der Waals surface area contributed by atoms with Crippen LogP contribution in [-0.4, -0.2) is 21.9 Å². The first-order valence-electron chi connectivity index (χ1n) is 11.9. The van der Waals surface area contributed by atoms with Crippen molar-refractivity contribution in [2.45, 2.75) is 77.9 Å². The third-order valence-electron chi connectivity index (χ3n) is 7.68. The standard InChI is InChI=1S/C28H34O4/c1-27(2)10-5-6-24-21(27)16-19-12-17(14-23(30)26(19)31-24)7-8-18-13-22(29)20-9-11-28(3,4)32-25(20)15-18/h7-8,12-15,21,24,29-30H,5-6,9-11,16H2,1-4H3/b8-7+. The Morgan fingerprint density at radius 3 is 2.44 bits per heavy atom. The van der Waals surface area contributed by atoms with Gasteiger partial charge in [0.15, 0.2) is 11.5 Å². The molecule has 0 radical (unpaired) electrons. The van der Waals surface area contributed by atoms with Gasteiger partial charge in [-0.3, -0.25) is 0 Å². The van der Waals surface area contributed by atoms with Crippen LogP contribution in [0, 0.1) is 11.3 Å². The van der Waals surface area contributed by atoms with Crippen molar-refractivity contribution in [2.24, 2.45) is 11.3 Å². The van der Waals surface area contributed by atoms with Crippen LogP contribution in [0.3, 0.4) is 0 Å². The minimum atomic E-state index is -0.225. The minimum absolute atomic E-state index is 0.196. The minimum Gasteiger partial charge on any atom is -0.508 e. The van der Waals surface area contributed by atoms with Crippen LogP contribution in [0.2, 0.25) is 0 Å². The SMILES string of the molecule is CC1(C)CCc2c(O)cc(/C=C/c3cc(O)c4c(c3)CC3C(CCCC3(C)C)O4)cc2O1. The molecule has 2 aromatic rings. The average Bonchev–Trinajstić information content (AvgIpc) is 2.70. The van der Waals surface area contributed by atoms with Gasteiger partial charge in [-0.05, 0) is 98.7 Å². The van der Waals surface area contributed by atoms with Crippen LogP contribution in [0.5, 0.6) is 23.0 Å². The zero-order chi connectivity index (χ0) is 22.7. The van der Waals surface area contributed by atoms with E-state index in [0.717, 1.165) is 53.7 Å². The summed E-state index contributed by atoms with van der Waals surface area (Å²) in [6.07, 6.45) is 10.2. The summed E-state index contributed by atoms with van der Waals surface area (Å²) in [7, 11) is 0. The number of rotatable bonds is 2. The van der Waals surface area contributed by atoms with Crippen molar-refractivity contribution < 1.29 is 19.7 Å². The molecule has 2 heterocycles. The van der Waals surface area contributed by atoms with E-state index in [2.05, 4.69) is 33.8 Å². The Hall–Kier alpha value is -2.62. The Kier molecular flexibility index (Phi) is 4.96. The fourth-order valence-electron chi connectivity index (χ4n) is 5.72. The van der Waals surface area contributed by atoms with E-state index in [9.17, 15) is 10.2 Å². The summed E-state index contributed by atoms with van der Waals surface area (Å²) in [5, 5.41) is 21.2. The highest BCUT2D eigenvalue weighted by Gasteiger charge is 2.43. The molecule has 170 valence electrons. The molecule has 1 saturated carbocycles. The second-order valence-electron chi connectivity index (χ2n) is 11.1. The van der Waals surface area contributed by atoms with E-state index in [1.165, 1.54) is 12.8 Å². The number of phenolic OH excluding ortho intramolecular Hbond substituents is 2. The summed E-state index contributed by atoms with van der Waals surface area (Å²) in [6.45, 7) is 8.83. The molecule has 5 rings (SSSR count). The predicted octanol–water partition coefficient (Wildman–Crippen LogP) is 6.50. The van der Waals surface area contributed by atoms with E-state index < -0.39 is 0 Å². The Labute approximate surface area is 190 Å². The van der Waals surface area contributed by atoms with Gasteiger partial charge in [0.2, 0.25) is 0 Å². The molecule has 32 heavy (non-hydrogen) atoms. The zero-order valence-corrected chi connectivity index (χ0v) is 19.6. The van der Waals surface area contributed by atoms with E-state index in [-0.39, 0.29) is 28.6 Å². The highest BCUT2D eigenvalue weighted by atomic mass is 16.5. The van der Waals surface area contributed by atoms with Gasteiger partial charge < -0.3 is 19.7 Å². The van der Waals surface area contributed by atoms with Gasteiger partial charge in [0.05, 0.1) is 0 Å². The smallest absolute Gasteiger partial charge is 0.164 e. The van der Waals surface area contributed by atoms with Gasteiger partial charge >= 0.3 is 0 Å². The molecular weight excluding hydrogens is 400 g/mol. The van der Waals surface area contributed by atoms with Gasteiger partial charge in [0, 0.05) is 11.5 Å². The molecule has 0 bridgehead atoms. The first-order chi connectivity index (χ1) is 15.1. The Morgan fingerprint density at radius 1 is 0.938 bits per heavy atom. The molecule has 4 heteroatoms. The number of fused-ring (bicyclic) bond motifs is 3. The topological polar surface area (TPSA) is 58.9 Å². The van der Waals surface area contributed by atoms with Crippen molar-refractivity contribution in [2.75, 3.05) is 0 Å². The monoisotopic (exact) mass is 434 g/mol. The Balaban J connectivity index is 1.43. The highest BCUT2D eigenvalue weighted by Crippen LogP contribution is 2.50. The van der Waals surface area contributed by atoms with Crippen molar-refractivity contribution in [3.05, 3.63) is 46.5 Å². The maximum Gasteiger partial charge on any atom is 0.164 e. The van der Waals surface area contributed by atoms with Crippen LogP contribution >= 0.6 is 0 Å². The molecule has 1 aliphatic carbocycles. The molecule has 0 aromatic heterocycles. The summed E-state index contributed by atoms with van der Waals surface area (Å²) in [5.41, 5.74) is 3.79. The maximum atomic E-state index is 10.7. The molecule has 4 nitrogen and oxygen atoms in total. The molecule has 0 amide bonds. The Morgan fingerprint density at radius 2 is 1.66 bits per heavy atom. The summed E-state index contributed by atoms with van der Waals surface area (Å²) in [5.74, 6) is 2.38. The normalized spacial score (nSPS) is 25.2. The molecule has 2 N–H and O–H groups in total. The molecule has 3 aliphatic rings. The summed E-state index contributed by atoms with van der Waals surface area (Å²) in [4.78, 5) is 0. The molecule has 2 aliphatic heterocycles. The lowest BCUT2D eigenvalue weighted by Crippen LogP contribution is -2.45. The molecule has 2 aromatic carbocycles. The third kappa shape index (κ3) is 3.85. The fourth-order valence-corrected chi connectivity index (χ4v) is 5.72. The van der Waals surface area contributed by atoms with Crippen LogP contribution in [0.4, 0.5) is 0 Å². The maximum absolute atomic E-state index is 10.7. The van der Waals surface area contributed by atoms with Crippen LogP contribution in [0.15, 0.2) is 24.3 Å². The molecule has 0 spiro atoms. The van der Waals surface area contributed by atoms with Crippen LogP contribution in [0.1, 0.15) is 75.6 Å². The van der Waals surface area contributed by atoms with E-state index in [1.807, 2.05) is 18.2 Å². The number of ether oxygens (including phenoxy) is 2. The van der Waals surface area contributed by atoms with Crippen LogP contribution in [-0.2, 0) is 12.8 Å². The second kappa shape index (κ2) is 7.47. The number of hydrogen-bond donors (Lipinski definition) is 2. The lowest BCUT2D eigenvalue weighted by molar-refractivity contribution is -0.00709. The van der Waals surface area contributed by atoms with Gasteiger partial charge in [0.1, 0.15) is 23.2 Å². The Bertz CT molecular complexity index is 1080. The summed E-state index contributed by atoms with van der Waals surface area (Å²) >= 11 is 0. The molecule has 2 atom stereocenters.